The second-order valence-corrected chi connectivity index (χ2v) is 7.00. The number of hydrogen-bond donors (Lipinski definition) is 0. The predicted octanol–water partition coefficient (Wildman–Crippen LogP) is 3.50. The van der Waals surface area contributed by atoms with Crippen LogP contribution in [-0.4, -0.2) is 13.4 Å². The summed E-state index contributed by atoms with van der Waals surface area (Å²) >= 11 is 11.7. The zero-order chi connectivity index (χ0) is 13.9. The van der Waals surface area contributed by atoms with Crippen LogP contribution in [0.2, 0.25) is 10.0 Å². The Balaban J connectivity index is 2.17. The fourth-order valence-corrected chi connectivity index (χ4v) is 3.64. The summed E-state index contributed by atoms with van der Waals surface area (Å²) in [5.74, 6) is -0.230. The average molecular weight is 316 g/mol. The summed E-state index contributed by atoms with van der Waals surface area (Å²) in [5.41, 5.74) is 1.06. The molecule has 3 nitrogen and oxygen atoms in total. The number of aromatic nitrogens is 1. The third kappa shape index (κ3) is 4.20. The Morgan fingerprint density at radius 1 is 1.05 bits per heavy atom. The highest BCUT2D eigenvalue weighted by molar-refractivity contribution is 7.89. The fraction of sp³-hybridized carbons (Fsp3) is 0.154. The van der Waals surface area contributed by atoms with Crippen LogP contribution in [0.4, 0.5) is 0 Å². The molecule has 1 aromatic heterocycles. The Labute approximate surface area is 122 Å². The van der Waals surface area contributed by atoms with E-state index in [1.54, 1.807) is 36.5 Å². The largest absolute Gasteiger partial charge is 0.260 e. The maximum atomic E-state index is 12.1. The summed E-state index contributed by atoms with van der Waals surface area (Å²) in [4.78, 5) is 4.01. The van der Waals surface area contributed by atoms with Crippen molar-refractivity contribution < 1.29 is 8.42 Å². The third-order valence-corrected chi connectivity index (χ3v) is 4.56. The van der Waals surface area contributed by atoms with Crippen LogP contribution in [0.1, 0.15) is 11.3 Å². The maximum Gasteiger partial charge on any atom is 0.160 e. The van der Waals surface area contributed by atoms with E-state index in [0.29, 0.717) is 21.3 Å². The van der Waals surface area contributed by atoms with Crippen LogP contribution in [0.3, 0.4) is 0 Å². The average Bonchev–Trinajstić information content (AvgIpc) is 2.33. The first-order valence-electron chi connectivity index (χ1n) is 5.50. The quantitative estimate of drug-likeness (QED) is 0.867. The lowest BCUT2D eigenvalue weighted by Crippen LogP contribution is -2.09. The van der Waals surface area contributed by atoms with Gasteiger partial charge in [0.1, 0.15) is 0 Å². The van der Waals surface area contributed by atoms with Gasteiger partial charge in [0.2, 0.25) is 0 Å². The van der Waals surface area contributed by atoms with E-state index in [1.165, 1.54) is 6.07 Å². The van der Waals surface area contributed by atoms with Crippen molar-refractivity contribution in [2.75, 3.05) is 0 Å². The molecule has 0 saturated heterocycles. The van der Waals surface area contributed by atoms with Gasteiger partial charge >= 0.3 is 0 Å². The molecule has 0 N–H and O–H groups in total. The SMILES string of the molecule is O=S(=O)(Cc1ccccn1)Cc1ccc(Cl)cc1Cl. The van der Waals surface area contributed by atoms with Crippen molar-refractivity contribution in [3.8, 4) is 0 Å². The summed E-state index contributed by atoms with van der Waals surface area (Å²) < 4.78 is 24.1. The number of pyridine rings is 1. The standard InChI is InChI=1S/C13H11Cl2NO2S/c14-11-5-4-10(13(15)7-11)8-19(17,18)9-12-3-1-2-6-16-12/h1-7H,8-9H2. The van der Waals surface area contributed by atoms with Crippen molar-refractivity contribution in [3.63, 3.8) is 0 Å². The Bertz CT molecular complexity index is 672. The zero-order valence-corrected chi connectivity index (χ0v) is 12.2. The van der Waals surface area contributed by atoms with Crippen LogP contribution >= 0.6 is 23.2 Å². The highest BCUT2D eigenvalue weighted by atomic mass is 35.5. The zero-order valence-electron chi connectivity index (χ0n) is 9.88. The molecule has 0 atom stereocenters. The van der Waals surface area contributed by atoms with Gasteiger partial charge in [0.25, 0.3) is 0 Å². The van der Waals surface area contributed by atoms with Gasteiger partial charge in [0.05, 0.1) is 17.2 Å². The Morgan fingerprint density at radius 3 is 2.47 bits per heavy atom. The van der Waals surface area contributed by atoms with Gasteiger partial charge in [0, 0.05) is 16.2 Å². The molecule has 0 amide bonds. The Morgan fingerprint density at radius 2 is 1.84 bits per heavy atom. The lowest BCUT2D eigenvalue weighted by atomic mass is 10.2. The first kappa shape index (κ1) is 14.3. The first-order valence-corrected chi connectivity index (χ1v) is 8.08. The van der Waals surface area contributed by atoms with E-state index in [0.717, 1.165) is 0 Å². The van der Waals surface area contributed by atoms with Crippen LogP contribution in [0.5, 0.6) is 0 Å². The summed E-state index contributed by atoms with van der Waals surface area (Å²) in [6.07, 6.45) is 1.57. The number of rotatable bonds is 4. The van der Waals surface area contributed by atoms with Crippen molar-refractivity contribution in [3.05, 3.63) is 63.9 Å². The van der Waals surface area contributed by atoms with Gasteiger partial charge in [-0.15, -0.1) is 0 Å². The molecule has 0 fully saturated rings. The molecular weight excluding hydrogens is 305 g/mol. The lowest BCUT2D eigenvalue weighted by molar-refractivity contribution is 0.594. The molecule has 0 unspecified atom stereocenters. The molecule has 2 aromatic rings. The molecule has 0 aliphatic rings. The lowest BCUT2D eigenvalue weighted by Gasteiger charge is -2.06. The Kier molecular flexibility index (Phi) is 4.45. The van der Waals surface area contributed by atoms with Gasteiger partial charge in [-0.3, -0.25) is 4.98 Å². The summed E-state index contributed by atoms with van der Waals surface area (Å²) in [7, 11) is -3.31. The topological polar surface area (TPSA) is 47.0 Å². The highest BCUT2D eigenvalue weighted by Gasteiger charge is 2.15. The van der Waals surface area contributed by atoms with Crippen LogP contribution in [-0.2, 0) is 21.3 Å². The van der Waals surface area contributed by atoms with Crippen LogP contribution in [0, 0.1) is 0 Å². The van der Waals surface area contributed by atoms with Crippen molar-refractivity contribution in [2.45, 2.75) is 11.5 Å². The summed E-state index contributed by atoms with van der Waals surface area (Å²) in [5, 5.41) is 0.841. The van der Waals surface area contributed by atoms with Gasteiger partial charge in [0.15, 0.2) is 9.84 Å². The molecule has 2 rings (SSSR count). The minimum Gasteiger partial charge on any atom is -0.260 e. The Hall–Kier alpha value is -1.10. The molecule has 1 heterocycles. The second kappa shape index (κ2) is 5.90. The van der Waals surface area contributed by atoms with Gasteiger partial charge in [-0.05, 0) is 29.8 Å². The maximum absolute atomic E-state index is 12.1. The number of halogens is 2. The number of nitrogens with zero attached hydrogens (tertiary/aromatic N) is 1. The third-order valence-electron chi connectivity index (χ3n) is 2.48. The minimum absolute atomic E-state index is 0.104. The fourth-order valence-electron chi connectivity index (χ4n) is 1.64. The van der Waals surface area contributed by atoms with Crippen molar-refractivity contribution in [1.29, 1.82) is 0 Å². The van der Waals surface area contributed by atoms with Crippen LogP contribution < -0.4 is 0 Å². The van der Waals surface area contributed by atoms with E-state index in [9.17, 15) is 8.42 Å². The van der Waals surface area contributed by atoms with E-state index in [4.69, 9.17) is 23.2 Å². The molecule has 100 valence electrons. The van der Waals surface area contributed by atoms with Crippen molar-refractivity contribution in [1.82, 2.24) is 4.98 Å². The first-order chi connectivity index (χ1) is 8.96. The molecule has 0 aliphatic heterocycles. The summed E-state index contributed by atoms with van der Waals surface area (Å²) in [6.45, 7) is 0. The monoisotopic (exact) mass is 315 g/mol. The smallest absolute Gasteiger partial charge is 0.160 e. The van der Waals surface area contributed by atoms with E-state index < -0.39 is 9.84 Å². The van der Waals surface area contributed by atoms with E-state index in [-0.39, 0.29) is 11.5 Å². The van der Waals surface area contributed by atoms with Gasteiger partial charge in [-0.25, -0.2) is 8.42 Å². The second-order valence-electron chi connectivity index (χ2n) is 4.09. The molecule has 0 spiro atoms. The number of hydrogen-bond acceptors (Lipinski definition) is 3. The molecule has 0 saturated carbocycles. The number of sulfone groups is 1. The van der Waals surface area contributed by atoms with Gasteiger partial charge in [-0.1, -0.05) is 35.3 Å². The van der Waals surface area contributed by atoms with Crippen LogP contribution in [0.25, 0.3) is 0 Å². The number of benzene rings is 1. The molecule has 19 heavy (non-hydrogen) atoms. The van der Waals surface area contributed by atoms with Gasteiger partial charge in [-0.2, -0.15) is 0 Å². The summed E-state index contributed by atoms with van der Waals surface area (Å²) in [6, 6.07) is 9.97. The van der Waals surface area contributed by atoms with Crippen LogP contribution in [0.15, 0.2) is 42.6 Å². The van der Waals surface area contributed by atoms with Crippen molar-refractivity contribution in [2.24, 2.45) is 0 Å². The van der Waals surface area contributed by atoms with E-state index in [1.807, 2.05) is 0 Å². The molecule has 0 radical (unpaired) electrons. The molecule has 6 heteroatoms. The highest BCUT2D eigenvalue weighted by Crippen LogP contribution is 2.23. The molecule has 0 bridgehead atoms. The predicted molar refractivity (Wildman–Crippen MR) is 77.0 cm³/mol. The molecular formula is C13H11Cl2NO2S. The van der Waals surface area contributed by atoms with E-state index >= 15 is 0 Å². The normalized spacial score (nSPS) is 11.5. The van der Waals surface area contributed by atoms with Crippen molar-refractivity contribution >= 4 is 33.0 Å². The molecule has 1 aromatic carbocycles. The van der Waals surface area contributed by atoms with E-state index in [2.05, 4.69) is 4.98 Å². The minimum atomic E-state index is -3.31. The molecule has 0 aliphatic carbocycles. The van der Waals surface area contributed by atoms with Gasteiger partial charge < -0.3 is 0 Å².